The number of para-hydroxylation sites is 2. The molecule has 1 aromatic rings. The lowest BCUT2D eigenvalue weighted by atomic mass is 10.1. The molecular weight excluding hydrogens is 294 g/mol. The minimum Gasteiger partial charge on any atom is -0.485 e. The molecule has 6 heteroatoms. The molecule has 3 aliphatic rings. The van der Waals surface area contributed by atoms with Crippen LogP contribution in [0.4, 0.5) is 0 Å². The van der Waals surface area contributed by atoms with Gasteiger partial charge in [-0.05, 0) is 25.1 Å². The third-order valence-electron chi connectivity index (χ3n) is 4.96. The molecule has 2 saturated heterocycles. The maximum Gasteiger partial charge on any atom is 0.267 e. The van der Waals surface area contributed by atoms with Crippen molar-refractivity contribution in [3.05, 3.63) is 24.3 Å². The fourth-order valence-electron chi connectivity index (χ4n) is 3.60. The molecule has 6 nitrogen and oxygen atoms in total. The van der Waals surface area contributed by atoms with Crippen LogP contribution in [0.3, 0.4) is 0 Å². The molecule has 1 amide bonds. The predicted octanol–water partition coefficient (Wildman–Crippen LogP) is 0.333. The van der Waals surface area contributed by atoms with Gasteiger partial charge in [0.05, 0.1) is 0 Å². The Kier molecular flexibility index (Phi) is 4.10. The SMILES string of the molecule is O=C(C1COc2ccccc2O1)N1CCN(C2CCNC2)CC1. The lowest BCUT2D eigenvalue weighted by Crippen LogP contribution is -2.56. The van der Waals surface area contributed by atoms with E-state index in [1.165, 1.54) is 6.42 Å². The third kappa shape index (κ3) is 3.01. The summed E-state index contributed by atoms with van der Waals surface area (Å²) < 4.78 is 11.5. The van der Waals surface area contributed by atoms with Crippen LogP contribution in [0.1, 0.15) is 6.42 Å². The van der Waals surface area contributed by atoms with Crippen molar-refractivity contribution in [3.63, 3.8) is 0 Å². The first-order chi connectivity index (χ1) is 11.3. The first-order valence-electron chi connectivity index (χ1n) is 8.43. The summed E-state index contributed by atoms with van der Waals surface area (Å²) in [6, 6.07) is 8.14. The smallest absolute Gasteiger partial charge is 0.267 e. The number of hydrogen-bond donors (Lipinski definition) is 1. The maximum atomic E-state index is 12.7. The van der Waals surface area contributed by atoms with E-state index in [0.717, 1.165) is 45.0 Å². The zero-order valence-corrected chi connectivity index (χ0v) is 13.2. The molecule has 1 N–H and O–H groups in total. The summed E-state index contributed by atoms with van der Waals surface area (Å²) in [5.74, 6) is 1.42. The number of nitrogens with zero attached hydrogens (tertiary/aromatic N) is 2. The molecule has 0 saturated carbocycles. The van der Waals surface area contributed by atoms with Crippen LogP contribution in [-0.4, -0.2) is 73.7 Å². The van der Waals surface area contributed by atoms with Crippen LogP contribution in [0.25, 0.3) is 0 Å². The van der Waals surface area contributed by atoms with Crippen LogP contribution in [0.2, 0.25) is 0 Å². The van der Waals surface area contributed by atoms with Gasteiger partial charge in [-0.2, -0.15) is 0 Å². The highest BCUT2D eigenvalue weighted by Gasteiger charge is 2.34. The first kappa shape index (κ1) is 14.8. The molecule has 3 aliphatic heterocycles. The van der Waals surface area contributed by atoms with Gasteiger partial charge in [0.25, 0.3) is 5.91 Å². The Hall–Kier alpha value is -1.79. The largest absolute Gasteiger partial charge is 0.485 e. The van der Waals surface area contributed by atoms with Crippen LogP contribution in [0.5, 0.6) is 11.5 Å². The average Bonchev–Trinajstić information content (AvgIpc) is 3.15. The zero-order chi connectivity index (χ0) is 15.6. The molecule has 2 unspecified atom stereocenters. The number of carbonyl (C=O) groups is 1. The van der Waals surface area contributed by atoms with E-state index in [0.29, 0.717) is 18.4 Å². The van der Waals surface area contributed by atoms with Gasteiger partial charge in [0.15, 0.2) is 11.5 Å². The Morgan fingerprint density at radius 1 is 1.13 bits per heavy atom. The van der Waals surface area contributed by atoms with E-state index in [1.807, 2.05) is 29.2 Å². The van der Waals surface area contributed by atoms with E-state index in [9.17, 15) is 4.79 Å². The molecule has 23 heavy (non-hydrogen) atoms. The average molecular weight is 317 g/mol. The lowest BCUT2D eigenvalue weighted by molar-refractivity contribution is -0.143. The van der Waals surface area contributed by atoms with Crippen LogP contribution < -0.4 is 14.8 Å². The summed E-state index contributed by atoms with van der Waals surface area (Å²) in [6.07, 6.45) is 0.689. The quantitative estimate of drug-likeness (QED) is 0.852. The highest BCUT2D eigenvalue weighted by Crippen LogP contribution is 2.31. The Morgan fingerprint density at radius 2 is 1.91 bits per heavy atom. The first-order valence-corrected chi connectivity index (χ1v) is 8.43. The van der Waals surface area contributed by atoms with Crippen molar-refractivity contribution >= 4 is 5.91 Å². The Bertz CT molecular complexity index is 566. The molecule has 4 rings (SSSR count). The minimum atomic E-state index is -0.524. The predicted molar refractivity (Wildman–Crippen MR) is 85.8 cm³/mol. The Morgan fingerprint density at radius 3 is 2.65 bits per heavy atom. The number of hydrogen-bond acceptors (Lipinski definition) is 5. The van der Waals surface area contributed by atoms with E-state index in [4.69, 9.17) is 9.47 Å². The summed E-state index contributed by atoms with van der Waals surface area (Å²) in [6.45, 7) is 5.92. The summed E-state index contributed by atoms with van der Waals surface area (Å²) in [5.41, 5.74) is 0. The highest BCUT2D eigenvalue weighted by atomic mass is 16.6. The van der Waals surface area contributed by atoms with Gasteiger partial charge in [0.2, 0.25) is 6.10 Å². The second-order valence-electron chi connectivity index (χ2n) is 6.37. The highest BCUT2D eigenvalue weighted by molar-refractivity contribution is 5.82. The number of ether oxygens (including phenoxy) is 2. The van der Waals surface area contributed by atoms with Gasteiger partial charge in [-0.1, -0.05) is 12.1 Å². The molecule has 2 fully saturated rings. The second kappa shape index (κ2) is 6.37. The van der Waals surface area contributed by atoms with Gasteiger partial charge >= 0.3 is 0 Å². The fraction of sp³-hybridized carbons (Fsp3) is 0.588. The minimum absolute atomic E-state index is 0.0451. The number of fused-ring (bicyclic) bond motifs is 1. The van der Waals surface area contributed by atoms with E-state index >= 15 is 0 Å². The molecule has 2 atom stereocenters. The molecule has 1 aromatic carbocycles. The van der Waals surface area contributed by atoms with Crippen molar-refractivity contribution in [2.24, 2.45) is 0 Å². The van der Waals surface area contributed by atoms with Gasteiger partial charge in [-0.15, -0.1) is 0 Å². The molecule has 0 aliphatic carbocycles. The number of nitrogens with one attached hydrogen (secondary N) is 1. The van der Waals surface area contributed by atoms with Crippen LogP contribution in [0.15, 0.2) is 24.3 Å². The standard InChI is InChI=1S/C17H23N3O3/c21-17(16-12-22-14-3-1-2-4-15(14)23-16)20-9-7-19(8-10-20)13-5-6-18-11-13/h1-4,13,16,18H,5-12H2. The van der Waals surface area contributed by atoms with Crippen LogP contribution in [-0.2, 0) is 4.79 Å². The van der Waals surface area contributed by atoms with Crippen molar-refractivity contribution in [3.8, 4) is 11.5 Å². The molecule has 0 bridgehead atoms. The van der Waals surface area contributed by atoms with E-state index < -0.39 is 6.10 Å². The van der Waals surface area contributed by atoms with Gasteiger partial charge in [0.1, 0.15) is 6.61 Å². The van der Waals surface area contributed by atoms with Gasteiger partial charge in [-0.3, -0.25) is 9.69 Å². The Balaban J connectivity index is 1.34. The van der Waals surface area contributed by atoms with Crippen molar-refractivity contribution < 1.29 is 14.3 Å². The molecule has 124 valence electrons. The van der Waals surface area contributed by atoms with Crippen molar-refractivity contribution in [1.29, 1.82) is 0 Å². The normalized spacial score (nSPS) is 27.9. The number of piperazine rings is 1. The number of benzene rings is 1. The van der Waals surface area contributed by atoms with E-state index in [-0.39, 0.29) is 5.91 Å². The summed E-state index contributed by atoms with van der Waals surface area (Å²) >= 11 is 0. The van der Waals surface area contributed by atoms with Gasteiger partial charge in [-0.25, -0.2) is 0 Å². The number of rotatable bonds is 2. The van der Waals surface area contributed by atoms with E-state index in [1.54, 1.807) is 0 Å². The lowest BCUT2D eigenvalue weighted by Gasteiger charge is -2.39. The monoisotopic (exact) mass is 317 g/mol. The molecule has 3 heterocycles. The summed E-state index contributed by atoms with van der Waals surface area (Å²) in [4.78, 5) is 17.1. The summed E-state index contributed by atoms with van der Waals surface area (Å²) in [7, 11) is 0. The second-order valence-corrected chi connectivity index (χ2v) is 6.37. The van der Waals surface area contributed by atoms with Crippen LogP contribution >= 0.6 is 0 Å². The maximum absolute atomic E-state index is 12.7. The molecule has 0 spiro atoms. The summed E-state index contributed by atoms with van der Waals surface area (Å²) in [5, 5.41) is 3.41. The molecule has 0 radical (unpaired) electrons. The fourth-order valence-corrected chi connectivity index (χ4v) is 3.60. The van der Waals surface area contributed by atoms with Gasteiger partial charge in [0, 0.05) is 38.8 Å². The van der Waals surface area contributed by atoms with Crippen molar-refractivity contribution in [2.75, 3.05) is 45.9 Å². The van der Waals surface area contributed by atoms with Crippen molar-refractivity contribution in [2.45, 2.75) is 18.6 Å². The van der Waals surface area contributed by atoms with E-state index in [2.05, 4.69) is 10.2 Å². The molecular formula is C17H23N3O3. The number of carbonyl (C=O) groups excluding carboxylic acids is 1. The third-order valence-corrected chi connectivity index (χ3v) is 4.96. The van der Waals surface area contributed by atoms with Crippen LogP contribution in [0, 0.1) is 0 Å². The zero-order valence-electron chi connectivity index (χ0n) is 13.2. The topological polar surface area (TPSA) is 54.0 Å². The van der Waals surface area contributed by atoms with Gasteiger partial charge < -0.3 is 19.7 Å². The Labute approximate surface area is 136 Å². The molecule has 0 aromatic heterocycles. The number of amides is 1. The van der Waals surface area contributed by atoms with Crippen molar-refractivity contribution in [1.82, 2.24) is 15.1 Å².